The number of allylic oxidation sites excluding steroid dienone is 2. The number of hydrogen-bond donors (Lipinski definition) is 0. The Morgan fingerprint density at radius 2 is 1.92 bits per heavy atom. The van der Waals surface area contributed by atoms with Gasteiger partial charge in [0.15, 0.2) is 0 Å². The van der Waals surface area contributed by atoms with Gasteiger partial charge in [-0.3, -0.25) is 0 Å². The van der Waals surface area contributed by atoms with Gasteiger partial charge in [0.1, 0.15) is 0 Å². The van der Waals surface area contributed by atoms with Gasteiger partial charge in [0.05, 0.1) is 0 Å². The molecule has 1 aromatic carbocycles. The maximum absolute atomic E-state index is 5.61. The van der Waals surface area contributed by atoms with Crippen molar-refractivity contribution in [2.24, 2.45) is 5.92 Å². The summed E-state index contributed by atoms with van der Waals surface area (Å²) in [4.78, 5) is 4.69. The van der Waals surface area contributed by atoms with Crippen molar-refractivity contribution in [3.63, 3.8) is 0 Å². The van der Waals surface area contributed by atoms with Crippen LogP contribution in [-0.4, -0.2) is 10.1 Å². The van der Waals surface area contributed by atoms with Gasteiger partial charge in [0.2, 0.25) is 11.7 Å². The molecule has 0 bridgehead atoms. The van der Waals surface area contributed by atoms with Crippen LogP contribution in [0.15, 0.2) is 34.9 Å². The minimum Gasteiger partial charge on any atom is -0.339 e. The first kappa shape index (κ1) is 18.4. The predicted octanol–water partition coefficient (Wildman–Crippen LogP) is 6.48. The molecule has 0 saturated carbocycles. The Labute approximate surface area is 146 Å². The molecule has 0 spiro atoms. The Kier molecular flexibility index (Phi) is 6.77. The SMILES string of the molecule is C/C=C(\C)c1ccc(-c2noc(C(CCC)C[C@H](C)CC)n2)cc1. The Balaban J connectivity index is 2.19. The molecule has 0 N–H and O–H groups in total. The van der Waals surface area contributed by atoms with Gasteiger partial charge in [-0.2, -0.15) is 4.98 Å². The lowest BCUT2D eigenvalue weighted by atomic mass is 9.90. The van der Waals surface area contributed by atoms with Crippen LogP contribution in [-0.2, 0) is 0 Å². The highest BCUT2D eigenvalue weighted by Crippen LogP contribution is 2.30. The average molecular weight is 326 g/mol. The first-order valence-electron chi connectivity index (χ1n) is 9.16. The highest BCUT2D eigenvalue weighted by atomic mass is 16.5. The zero-order valence-corrected chi connectivity index (χ0v) is 15.7. The van der Waals surface area contributed by atoms with E-state index in [9.17, 15) is 0 Å². The van der Waals surface area contributed by atoms with Crippen LogP contribution < -0.4 is 0 Å². The van der Waals surface area contributed by atoms with Gasteiger partial charge in [0.25, 0.3) is 0 Å². The molecule has 0 radical (unpaired) electrons. The van der Waals surface area contributed by atoms with Gasteiger partial charge < -0.3 is 4.52 Å². The first-order valence-corrected chi connectivity index (χ1v) is 9.16. The number of rotatable bonds is 8. The standard InChI is InChI=1S/C21H30N2O/c1-6-9-19(14-15(4)7-2)21-22-20(23-24-21)18-12-10-17(11-13-18)16(5)8-3/h8,10-13,15,19H,6-7,9,14H2,1-5H3/b16-8+/t15-,19?/m1/s1. The molecule has 0 fully saturated rings. The molecular formula is C21H30N2O. The zero-order chi connectivity index (χ0) is 17.5. The Bertz CT molecular complexity index is 655. The topological polar surface area (TPSA) is 38.9 Å². The maximum atomic E-state index is 5.61. The van der Waals surface area contributed by atoms with Crippen molar-refractivity contribution >= 4 is 5.57 Å². The fourth-order valence-electron chi connectivity index (χ4n) is 2.91. The van der Waals surface area contributed by atoms with Crippen LogP contribution in [0.1, 0.15) is 77.7 Å². The van der Waals surface area contributed by atoms with Crippen molar-refractivity contribution in [3.8, 4) is 11.4 Å². The third-order valence-corrected chi connectivity index (χ3v) is 4.84. The van der Waals surface area contributed by atoms with Gasteiger partial charge in [-0.15, -0.1) is 0 Å². The van der Waals surface area contributed by atoms with Crippen LogP contribution in [0.4, 0.5) is 0 Å². The number of hydrogen-bond acceptors (Lipinski definition) is 3. The second-order valence-corrected chi connectivity index (χ2v) is 6.74. The lowest BCUT2D eigenvalue weighted by Crippen LogP contribution is -2.05. The molecule has 2 atom stereocenters. The summed E-state index contributed by atoms with van der Waals surface area (Å²) >= 11 is 0. The summed E-state index contributed by atoms with van der Waals surface area (Å²) in [6.07, 6.45) is 6.66. The second-order valence-electron chi connectivity index (χ2n) is 6.74. The second kappa shape index (κ2) is 8.81. The van der Waals surface area contributed by atoms with Gasteiger partial charge in [-0.25, -0.2) is 0 Å². The first-order chi connectivity index (χ1) is 11.6. The molecule has 24 heavy (non-hydrogen) atoms. The molecule has 3 heteroatoms. The minimum absolute atomic E-state index is 0.371. The summed E-state index contributed by atoms with van der Waals surface area (Å²) in [7, 11) is 0. The zero-order valence-electron chi connectivity index (χ0n) is 15.7. The van der Waals surface area contributed by atoms with Gasteiger partial charge >= 0.3 is 0 Å². The van der Waals surface area contributed by atoms with Crippen LogP contribution in [0, 0.1) is 5.92 Å². The summed E-state index contributed by atoms with van der Waals surface area (Å²) in [6.45, 7) is 10.9. The molecule has 0 amide bonds. The molecular weight excluding hydrogens is 296 g/mol. The summed E-state index contributed by atoms with van der Waals surface area (Å²) in [6, 6.07) is 8.37. The third kappa shape index (κ3) is 4.56. The lowest BCUT2D eigenvalue weighted by molar-refractivity contribution is 0.316. The van der Waals surface area contributed by atoms with Crippen molar-refractivity contribution in [1.82, 2.24) is 10.1 Å². The van der Waals surface area contributed by atoms with Crippen LogP contribution in [0.2, 0.25) is 0 Å². The summed E-state index contributed by atoms with van der Waals surface area (Å²) in [5.41, 5.74) is 3.51. The largest absolute Gasteiger partial charge is 0.339 e. The average Bonchev–Trinajstić information content (AvgIpc) is 3.10. The molecule has 3 nitrogen and oxygen atoms in total. The van der Waals surface area contributed by atoms with Crippen molar-refractivity contribution in [1.29, 1.82) is 0 Å². The molecule has 130 valence electrons. The van der Waals surface area contributed by atoms with E-state index in [1.54, 1.807) is 0 Å². The van der Waals surface area contributed by atoms with Crippen molar-refractivity contribution in [2.75, 3.05) is 0 Å². The van der Waals surface area contributed by atoms with E-state index in [4.69, 9.17) is 4.52 Å². The Morgan fingerprint density at radius 1 is 1.21 bits per heavy atom. The predicted molar refractivity (Wildman–Crippen MR) is 101 cm³/mol. The van der Waals surface area contributed by atoms with Crippen LogP contribution >= 0.6 is 0 Å². The molecule has 0 aliphatic rings. The van der Waals surface area contributed by atoms with E-state index in [-0.39, 0.29) is 0 Å². The monoisotopic (exact) mass is 326 g/mol. The summed E-state index contributed by atoms with van der Waals surface area (Å²) in [5, 5.41) is 4.22. The number of benzene rings is 1. The molecule has 1 aromatic heterocycles. The smallest absolute Gasteiger partial charge is 0.230 e. The molecule has 2 rings (SSSR count). The van der Waals surface area contributed by atoms with E-state index in [0.29, 0.717) is 17.7 Å². The Morgan fingerprint density at radius 3 is 2.50 bits per heavy atom. The van der Waals surface area contributed by atoms with Gasteiger partial charge in [-0.1, -0.05) is 69.1 Å². The van der Waals surface area contributed by atoms with E-state index in [2.05, 4.69) is 75.1 Å². The minimum atomic E-state index is 0.371. The van der Waals surface area contributed by atoms with Crippen LogP contribution in [0.25, 0.3) is 17.0 Å². The summed E-state index contributed by atoms with van der Waals surface area (Å²) < 4.78 is 5.61. The molecule has 1 unspecified atom stereocenters. The van der Waals surface area contributed by atoms with Crippen LogP contribution in [0.3, 0.4) is 0 Å². The van der Waals surface area contributed by atoms with Gasteiger partial charge in [0, 0.05) is 11.5 Å². The number of nitrogens with zero attached hydrogens (tertiary/aromatic N) is 2. The van der Waals surface area contributed by atoms with E-state index in [0.717, 1.165) is 30.7 Å². The van der Waals surface area contributed by atoms with Crippen LogP contribution in [0.5, 0.6) is 0 Å². The third-order valence-electron chi connectivity index (χ3n) is 4.84. The summed E-state index contributed by atoms with van der Waals surface area (Å²) in [5.74, 6) is 2.54. The fraction of sp³-hybridized carbons (Fsp3) is 0.524. The number of aromatic nitrogens is 2. The Hall–Kier alpha value is -1.90. The van der Waals surface area contributed by atoms with Crippen molar-refractivity contribution in [2.45, 2.75) is 66.2 Å². The van der Waals surface area contributed by atoms with Gasteiger partial charge in [-0.05, 0) is 43.7 Å². The highest BCUT2D eigenvalue weighted by Gasteiger charge is 2.21. The molecule has 2 aromatic rings. The maximum Gasteiger partial charge on any atom is 0.230 e. The molecule has 0 aliphatic carbocycles. The molecule has 0 aliphatic heterocycles. The van der Waals surface area contributed by atoms with E-state index in [1.165, 1.54) is 17.6 Å². The van der Waals surface area contributed by atoms with E-state index in [1.807, 2.05) is 0 Å². The lowest BCUT2D eigenvalue weighted by Gasteiger charge is -2.15. The highest BCUT2D eigenvalue weighted by molar-refractivity contribution is 5.66. The fourth-order valence-corrected chi connectivity index (χ4v) is 2.91. The molecule has 0 saturated heterocycles. The normalized spacial score (nSPS) is 14.6. The van der Waals surface area contributed by atoms with E-state index >= 15 is 0 Å². The molecule has 1 heterocycles. The van der Waals surface area contributed by atoms with Crippen molar-refractivity contribution < 1.29 is 4.52 Å². The quantitative estimate of drug-likeness (QED) is 0.557. The van der Waals surface area contributed by atoms with Crippen molar-refractivity contribution in [3.05, 3.63) is 41.8 Å². The van der Waals surface area contributed by atoms with E-state index < -0.39 is 0 Å².